The Morgan fingerprint density at radius 1 is 1.14 bits per heavy atom. The number of nitrogens with two attached hydrogens (primary N) is 1. The number of rotatable bonds is 4. The second kappa shape index (κ2) is 5.79. The fourth-order valence-corrected chi connectivity index (χ4v) is 2.04. The van der Waals surface area contributed by atoms with E-state index in [0.717, 1.165) is 24.1 Å². The number of nitrogens with one attached hydrogen (secondary N) is 1. The van der Waals surface area contributed by atoms with Crippen LogP contribution >= 0.6 is 0 Å². The molecule has 2 aromatic carbocycles. The first-order chi connectivity index (χ1) is 10.2. The molecule has 21 heavy (non-hydrogen) atoms. The number of benzene rings is 2. The summed E-state index contributed by atoms with van der Waals surface area (Å²) in [4.78, 5) is 16.8. The Hall–Kier alpha value is -2.62. The summed E-state index contributed by atoms with van der Waals surface area (Å²) in [7, 11) is 0. The topological polar surface area (TPSA) is 67.5 Å². The molecule has 2 aromatic rings. The van der Waals surface area contributed by atoms with E-state index in [0.29, 0.717) is 23.5 Å². The molecule has 0 heterocycles. The highest BCUT2D eigenvalue weighted by molar-refractivity contribution is 6.04. The van der Waals surface area contributed by atoms with Gasteiger partial charge in [0, 0.05) is 17.9 Å². The molecule has 0 bridgehead atoms. The summed E-state index contributed by atoms with van der Waals surface area (Å²) in [5.41, 5.74) is 9.78. The van der Waals surface area contributed by atoms with E-state index in [9.17, 15) is 4.79 Å². The highest BCUT2D eigenvalue weighted by Gasteiger charge is 2.17. The van der Waals surface area contributed by atoms with Gasteiger partial charge in [-0.1, -0.05) is 30.3 Å². The molecule has 0 atom stereocenters. The van der Waals surface area contributed by atoms with Gasteiger partial charge in [0.2, 0.25) is 0 Å². The highest BCUT2D eigenvalue weighted by atomic mass is 16.1. The van der Waals surface area contributed by atoms with Crippen LogP contribution in [0.15, 0.2) is 53.5 Å². The largest absolute Gasteiger partial charge is 0.399 e. The average Bonchev–Trinajstić information content (AvgIpc) is 3.32. The van der Waals surface area contributed by atoms with Gasteiger partial charge in [0.15, 0.2) is 0 Å². The smallest absolute Gasteiger partial charge is 0.253 e. The molecule has 0 spiro atoms. The lowest BCUT2D eigenvalue weighted by molar-refractivity contribution is 0.0951. The van der Waals surface area contributed by atoms with E-state index in [1.165, 1.54) is 0 Å². The van der Waals surface area contributed by atoms with E-state index < -0.39 is 0 Å². The van der Waals surface area contributed by atoms with Gasteiger partial charge < -0.3 is 11.1 Å². The normalized spacial score (nSPS) is 12.9. The third-order valence-electron chi connectivity index (χ3n) is 3.31. The molecule has 1 aliphatic rings. The predicted octanol–water partition coefficient (Wildman–Crippen LogP) is 3.07. The first-order valence-electron chi connectivity index (χ1n) is 7.00. The Balaban J connectivity index is 1.77. The van der Waals surface area contributed by atoms with E-state index in [4.69, 9.17) is 5.73 Å². The van der Waals surface area contributed by atoms with Crippen molar-refractivity contribution in [2.45, 2.75) is 19.4 Å². The minimum Gasteiger partial charge on any atom is -0.399 e. The maximum atomic E-state index is 12.4. The standard InChI is InChI=1S/C17H17N3O/c18-13-6-9-16(20-14-7-8-14)15(10-13)17(21)19-11-12-4-2-1-3-5-12/h1-6,9-10H,7-8,11,18H2,(H,19,21). The Morgan fingerprint density at radius 3 is 2.62 bits per heavy atom. The van der Waals surface area contributed by atoms with Gasteiger partial charge in [0.25, 0.3) is 5.91 Å². The van der Waals surface area contributed by atoms with Crippen LogP contribution in [-0.4, -0.2) is 11.6 Å². The molecule has 106 valence electrons. The van der Waals surface area contributed by atoms with Crippen LogP contribution in [0.4, 0.5) is 11.4 Å². The highest BCUT2D eigenvalue weighted by Crippen LogP contribution is 2.26. The zero-order valence-electron chi connectivity index (χ0n) is 11.7. The van der Waals surface area contributed by atoms with Crippen LogP contribution in [0.1, 0.15) is 28.8 Å². The lowest BCUT2D eigenvalue weighted by Crippen LogP contribution is -2.23. The Morgan fingerprint density at radius 2 is 1.90 bits per heavy atom. The third-order valence-corrected chi connectivity index (χ3v) is 3.31. The second-order valence-electron chi connectivity index (χ2n) is 5.12. The van der Waals surface area contributed by atoms with Crippen molar-refractivity contribution in [3.63, 3.8) is 0 Å². The van der Waals surface area contributed by atoms with Gasteiger partial charge in [-0.2, -0.15) is 0 Å². The number of carbonyl (C=O) groups excluding carboxylic acids is 1. The van der Waals surface area contributed by atoms with Crippen molar-refractivity contribution in [3.8, 4) is 0 Å². The van der Waals surface area contributed by atoms with E-state index in [2.05, 4.69) is 10.3 Å². The molecule has 0 saturated heterocycles. The van der Waals surface area contributed by atoms with Gasteiger partial charge >= 0.3 is 0 Å². The predicted molar refractivity (Wildman–Crippen MR) is 84.8 cm³/mol. The molecule has 0 aromatic heterocycles. The van der Waals surface area contributed by atoms with Crippen molar-refractivity contribution in [1.82, 2.24) is 5.32 Å². The van der Waals surface area contributed by atoms with Gasteiger partial charge in [-0.3, -0.25) is 9.79 Å². The van der Waals surface area contributed by atoms with Crippen LogP contribution in [0.2, 0.25) is 0 Å². The molecule has 1 aliphatic carbocycles. The number of aliphatic imine (C=N–C) groups is 1. The van der Waals surface area contributed by atoms with Gasteiger partial charge in [-0.05, 0) is 36.6 Å². The summed E-state index contributed by atoms with van der Waals surface area (Å²) in [6.45, 7) is 0.491. The van der Waals surface area contributed by atoms with Crippen molar-refractivity contribution < 1.29 is 4.79 Å². The Kier molecular flexibility index (Phi) is 3.69. The Bertz CT molecular complexity index is 686. The first-order valence-corrected chi connectivity index (χ1v) is 7.00. The quantitative estimate of drug-likeness (QED) is 0.845. The van der Waals surface area contributed by atoms with Gasteiger partial charge in [-0.15, -0.1) is 0 Å². The second-order valence-corrected chi connectivity index (χ2v) is 5.12. The van der Waals surface area contributed by atoms with Gasteiger partial charge in [0.05, 0.1) is 11.3 Å². The molecule has 0 aliphatic heterocycles. The SMILES string of the molecule is Nc1ccc(N=C2CC2)c(C(=O)NCc2ccccc2)c1. The molecule has 1 fully saturated rings. The molecule has 1 amide bonds. The number of hydrogen-bond acceptors (Lipinski definition) is 3. The minimum atomic E-state index is -0.147. The van der Waals surface area contributed by atoms with Gasteiger partial charge in [0.1, 0.15) is 0 Å². The van der Waals surface area contributed by atoms with E-state index in [1.807, 2.05) is 30.3 Å². The van der Waals surface area contributed by atoms with Crippen molar-refractivity contribution >= 4 is 23.0 Å². The molecule has 3 rings (SSSR count). The van der Waals surface area contributed by atoms with Crippen LogP contribution in [0, 0.1) is 0 Å². The number of nitrogen functional groups attached to an aromatic ring is 1. The number of amides is 1. The lowest BCUT2D eigenvalue weighted by atomic mass is 10.1. The summed E-state index contributed by atoms with van der Waals surface area (Å²) >= 11 is 0. The van der Waals surface area contributed by atoms with Crippen LogP contribution in [0.3, 0.4) is 0 Å². The summed E-state index contributed by atoms with van der Waals surface area (Å²) in [5, 5.41) is 2.91. The van der Waals surface area contributed by atoms with E-state index in [1.54, 1.807) is 18.2 Å². The van der Waals surface area contributed by atoms with Crippen molar-refractivity contribution in [2.75, 3.05) is 5.73 Å². The van der Waals surface area contributed by atoms with Crippen LogP contribution in [0.25, 0.3) is 0 Å². The molecule has 4 nitrogen and oxygen atoms in total. The maximum absolute atomic E-state index is 12.4. The summed E-state index contributed by atoms with van der Waals surface area (Å²) in [6, 6.07) is 15.1. The number of hydrogen-bond donors (Lipinski definition) is 2. The fourth-order valence-electron chi connectivity index (χ4n) is 2.04. The van der Waals surface area contributed by atoms with Crippen LogP contribution < -0.4 is 11.1 Å². The fraction of sp³-hybridized carbons (Fsp3) is 0.176. The lowest BCUT2D eigenvalue weighted by Gasteiger charge is -2.08. The van der Waals surface area contributed by atoms with Crippen molar-refractivity contribution in [1.29, 1.82) is 0 Å². The van der Waals surface area contributed by atoms with Crippen molar-refractivity contribution in [2.24, 2.45) is 4.99 Å². The minimum absolute atomic E-state index is 0.147. The average molecular weight is 279 g/mol. The molecule has 1 saturated carbocycles. The number of anilines is 1. The van der Waals surface area contributed by atoms with Crippen molar-refractivity contribution in [3.05, 3.63) is 59.7 Å². The molecule has 3 N–H and O–H groups in total. The summed E-state index contributed by atoms with van der Waals surface area (Å²) in [6.07, 6.45) is 2.05. The Labute approximate surface area is 123 Å². The zero-order chi connectivity index (χ0) is 14.7. The van der Waals surface area contributed by atoms with E-state index in [-0.39, 0.29) is 5.91 Å². The molecule has 4 heteroatoms. The molecular weight excluding hydrogens is 262 g/mol. The zero-order valence-corrected chi connectivity index (χ0v) is 11.7. The molecule has 0 radical (unpaired) electrons. The van der Waals surface area contributed by atoms with Crippen LogP contribution in [0.5, 0.6) is 0 Å². The number of nitrogens with zero attached hydrogens (tertiary/aromatic N) is 1. The summed E-state index contributed by atoms with van der Waals surface area (Å²) < 4.78 is 0. The van der Waals surface area contributed by atoms with E-state index >= 15 is 0 Å². The third kappa shape index (κ3) is 3.48. The first kappa shape index (κ1) is 13.4. The van der Waals surface area contributed by atoms with Gasteiger partial charge in [-0.25, -0.2) is 0 Å². The van der Waals surface area contributed by atoms with Crippen LogP contribution in [-0.2, 0) is 6.54 Å². The maximum Gasteiger partial charge on any atom is 0.253 e. The molecule has 0 unspecified atom stereocenters. The monoisotopic (exact) mass is 279 g/mol. The molecular formula is C17H17N3O. The summed E-state index contributed by atoms with van der Waals surface area (Å²) in [5.74, 6) is -0.147. The number of carbonyl (C=O) groups is 1.